The zero-order valence-corrected chi connectivity index (χ0v) is 16.6. The van der Waals surface area contributed by atoms with Gasteiger partial charge in [-0.1, -0.05) is 0 Å². The van der Waals surface area contributed by atoms with Crippen molar-refractivity contribution in [1.82, 2.24) is 0 Å². The van der Waals surface area contributed by atoms with Crippen LogP contribution in [0.5, 0.6) is 17.2 Å². The first-order chi connectivity index (χ1) is 14.2. The molecule has 0 N–H and O–H groups in total. The number of hydrogen-bond donors (Lipinski definition) is 0. The molecule has 6 heteroatoms. The van der Waals surface area contributed by atoms with Crippen LogP contribution in [0.15, 0.2) is 39.5 Å². The van der Waals surface area contributed by atoms with Crippen molar-refractivity contribution in [3.8, 4) is 17.2 Å². The van der Waals surface area contributed by atoms with E-state index in [0.717, 1.165) is 59.2 Å². The number of benzene rings is 2. The second kappa shape index (κ2) is 7.03. The summed E-state index contributed by atoms with van der Waals surface area (Å²) < 4.78 is 22.6. The minimum absolute atomic E-state index is 0.208. The van der Waals surface area contributed by atoms with Crippen LogP contribution in [0.25, 0.3) is 11.0 Å². The molecule has 29 heavy (non-hydrogen) atoms. The maximum Gasteiger partial charge on any atom is 0.339 e. The molecule has 0 radical (unpaired) electrons. The van der Waals surface area contributed by atoms with Crippen LogP contribution in [0.2, 0.25) is 0 Å². The lowest BCUT2D eigenvalue weighted by atomic mass is 9.90. The molecule has 6 nitrogen and oxygen atoms in total. The lowest BCUT2D eigenvalue weighted by Crippen LogP contribution is -2.32. The van der Waals surface area contributed by atoms with Crippen molar-refractivity contribution < 1.29 is 18.6 Å². The van der Waals surface area contributed by atoms with Gasteiger partial charge in [-0.2, -0.15) is 0 Å². The summed E-state index contributed by atoms with van der Waals surface area (Å²) in [5.74, 6) is 2.19. The van der Waals surface area contributed by atoms with E-state index in [4.69, 9.17) is 18.6 Å². The van der Waals surface area contributed by atoms with Crippen LogP contribution in [0.3, 0.4) is 0 Å². The fourth-order valence-corrected chi connectivity index (χ4v) is 4.36. The van der Waals surface area contributed by atoms with Gasteiger partial charge in [-0.05, 0) is 43.4 Å². The number of fused-ring (bicyclic) bond motifs is 5. The standard InChI is InChI=1S/C23H23NO5/c1-26-15-9-14(10-16(11-15)27-2)24-12-20-21(28-13-24)8-7-18-17-5-3-4-6-19(17)23(25)29-22(18)20/h7-11H,3-6,12-13H2,1-2H3. The molecule has 0 saturated heterocycles. The van der Waals surface area contributed by atoms with Crippen molar-refractivity contribution in [2.45, 2.75) is 32.2 Å². The molecule has 0 bridgehead atoms. The molecule has 0 spiro atoms. The molecular formula is C23H23NO5. The van der Waals surface area contributed by atoms with Crippen LogP contribution in [0, 0.1) is 0 Å². The third-order valence-electron chi connectivity index (χ3n) is 5.88. The monoisotopic (exact) mass is 393 g/mol. The third kappa shape index (κ3) is 2.99. The van der Waals surface area contributed by atoms with Crippen molar-refractivity contribution in [2.24, 2.45) is 0 Å². The molecule has 0 fully saturated rings. The average Bonchev–Trinajstić information content (AvgIpc) is 2.78. The van der Waals surface area contributed by atoms with Crippen LogP contribution >= 0.6 is 0 Å². The summed E-state index contributed by atoms with van der Waals surface area (Å²) in [4.78, 5) is 14.7. The summed E-state index contributed by atoms with van der Waals surface area (Å²) in [6.07, 6.45) is 3.88. The summed E-state index contributed by atoms with van der Waals surface area (Å²) in [5.41, 5.74) is 4.25. The lowest BCUT2D eigenvalue weighted by Gasteiger charge is -2.31. The second-order valence-corrected chi connectivity index (χ2v) is 7.51. The number of anilines is 1. The summed E-state index contributed by atoms with van der Waals surface area (Å²) >= 11 is 0. The zero-order chi connectivity index (χ0) is 20.0. The third-order valence-corrected chi connectivity index (χ3v) is 5.88. The van der Waals surface area contributed by atoms with Crippen LogP contribution < -0.4 is 24.7 Å². The van der Waals surface area contributed by atoms with Crippen molar-refractivity contribution in [3.63, 3.8) is 0 Å². The molecule has 2 heterocycles. The normalized spacial score (nSPS) is 15.4. The first-order valence-electron chi connectivity index (χ1n) is 9.89. The summed E-state index contributed by atoms with van der Waals surface area (Å²) in [6.45, 7) is 0.967. The van der Waals surface area contributed by atoms with E-state index in [0.29, 0.717) is 30.4 Å². The zero-order valence-electron chi connectivity index (χ0n) is 16.6. The molecule has 0 amide bonds. The molecule has 2 aromatic carbocycles. The Balaban J connectivity index is 1.61. The SMILES string of the molecule is COc1cc(OC)cc(N2COc3ccc4c5c(c(=O)oc4c3C2)CCCC5)c1. The van der Waals surface area contributed by atoms with Crippen LogP contribution in [-0.4, -0.2) is 21.0 Å². The Bertz CT molecular complexity index is 1130. The van der Waals surface area contributed by atoms with Gasteiger partial charge in [-0.3, -0.25) is 0 Å². The Morgan fingerprint density at radius 2 is 1.66 bits per heavy atom. The van der Waals surface area contributed by atoms with Crippen molar-refractivity contribution >= 4 is 16.7 Å². The average molecular weight is 393 g/mol. The highest BCUT2D eigenvalue weighted by Crippen LogP contribution is 2.38. The van der Waals surface area contributed by atoms with Crippen LogP contribution in [0.4, 0.5) is 5.69 Å². The maximum absolute atomic E-state index is 12.6. The van der Waals surface area contributed by atoms with E-state index in [9.17, 15) is 4.79 Å². The van der Waals surface area contributed by atoms with E-state index in [-0.39, 0.29) is 5.63 Å². The number of rotatable bonds is 3. The number of methoxy groups -OCH3 is 2. The van der Waals surface area contributed by atoms with Gasteiger partial charge in [0.1, 0.15) is 22.8 Å². The Morgan fingerprint density at radius 1 is 0.931 bits per heavy atom. The summed E-state index contributed by atoms with van der Waals surface area (Å²) in [5, 5.41) is 1.03. The number of aryl methyl sites for hydroxylation is 1. The van der Waals surface area contributed by atoms with Gasteiger partial charge in [-0.15, -0.1) is 0 Å². The molecule has 0 unspecified atom stereocenters. The minimum Gasteiger partial charge on any atom is -0.497 e. The minimum atomic E-state index is -0.208. The van der Waals surface area contributed by atoms with Crippen molar-refractivity contribution in [2.75, 3.05) is 25.9 Å². The smallest absolute Gasteiger partial charge is 0.339 e. The Labute approximate surface area is 168 Å². The molecule has 5 rings (SSSR count). The van der Waals surface area contributed by atoms with Gasteiger partial charge in [0.25, 0.3) is 0 Å². The molecule has 0 saturated carbocycles. The van der Waals surface area contributed by atoms with Crippen molar-refractivity contribution in [3.05, 3.63) is 57.4 Å². The second-order valence-electron chi connectivity index (χ2n) is 7.51. The molecular weight excluding hydrogens is 370 g/mol. The molecule has 1 aliphatic heterocycles. The van der Waals surface area contributed by atoms with E-state index in [1.807, 2.05) is 30.3 Å². The van der Waals surface area contributed by atoms with E-state index >= 15 is 0 Å². The van der Waals surface area contributed by atoms with E-state index in [2.05, 4.69) is 4.90 Å². The van der Waals surface area contributed by atoms with Gasteiger partial charge in [0.2, 0.25) is 0 Å². The Morgan fingerprint density at radius 3 is 2.38 bits per heavy atom. The van der Waals surface area contributed by atoms with Gasteiger partial charge in [0.15, 0.2) is 6.73 Å². The Kier molecular flexibility index (Phi) is 4.34. The van der Waals surface area contributed by atoms with Crippen LogP contribution in [-0.2, 0) is 19.4 Å². The predicted octanol–water partition coefficient (Wildman–Crippen LogP) is 4.05. The van der Waals surface area contributed by atoms with Gasteiger partial charge >= 0.3 is 5.63 Å². The molecule has 2 aliphatic rings. The first kappa shape index (κ1) is 17.9. The number of nitrogens with zero attached hydrogens (tertiary/aromatic N) is 1. The largest absolute Gasteiger partial charge is 0.497 e. The topological polar surface area (TPSA) is 61.1 Å². The fourth-order valence-electron chi connectivity index (χ4n) is 4.36. The van der Waals surface area contributed by atoms with Crippen molar-refractivity contribution in [1.29, 1.82) is 0 Å². The number of ether oxygens (including phenoxy) is 3. The first-order valence-corrected chi connectivity index (χ1v) is 9.89. The highest BCUT2D eigenvalue weighted by atomic mass is 16.5. The fraction of sp³-hybridized carbons (Fsp3) is 0.348. The van der Waals surface area contributed by atoms with Gasteiger partial charge in [0.05, 0.1) is 26.3 Å². The molecule has 1 aromatic heterocycles. The summed E-state index contributed by atoms with van der Waals surface area (Å²) in [7, 11) is 3.26. The Hall–Kier alpha value is -3.15. The molecule has 0 atom stereocenters. The van der Waals surface area contributed by atoms with Gasteiger partial charge < -0.3 is 23.5 Å². The highest BCUT2D eigenvalue weighted by molar-refractivity contribution is 5.87. The summed E-state index contributed by atoms with van der Waals surface area (Å²) in [6, 6.07) is 9.75. The lowest BCUT2D eigenvalue weighted by molar-refractivity contribution is 0.288. The quantitative estimate of drug-likeness (QED) is 0.626. The maximum atomic E-state index is 12.6. The highest BCUT2D eigenvalue weighted by Gasteiger charge is 2.25. The van der Waals surface area contributed by atoms with Gasteiger partial charge in [0, 0.05) is 34.8 Å². The van der Waals surface area contributed by atoms with E-state index in [1.165, 1.54) is 0 Å². The molecule has 150 valence electrons. The van der Waals surface area contributed by atoms with Crippen LogP contribution in [0.1, 0.15) is 29.5 Å². The number of hydrogen-bond acceptors (Lipinski definition) is 6. The van der Waals surface area contributed by atoms with Gasteiger partial charge in [-0.25, -0.2) is 4.79 Å². The van der Waals surface area contributed by atoms with E-state index in [1.54, 1.807) is 14.2 Å². The predicted molar refractivity (Wildman–Crippen MR) is 110 cm³/mol. The molecule has 1 aliphatic carbocycles. The van der Waals surface area contributed by atoms with E-state index < -0.39 is 0 Å². The molecule has 3 aromatic rings.